The van der Waals surface area contributed by atoms with Crippen molar-refractivity contribution in [2.75, 3.05) is 0 Å². The van der Waals surface area contributed by atoms with E-state index in [1.165, 1.54) is 0 Å². The first-order chi connectivity index (χ1) is 10.8. The minimum atomic E-state index is -4.79. The standard InChI is InChI=1S/C15H14F3N3O2.ClH/c16-15(17,18)13-12(14(22)23)6-20-21(13)7-8-1-2-9-4-11(19)5-10(9)3-8;/h1-3,6,11H,4-5,7,19H2,(H,22,23);1H. The van der Waals surface area contributed by atoms with Crippen LogP contribution in [0.3, 0.4) is 0 Å². The number of nitrogens with two attached hydrogens (primary N) is 1. The highest BCUT2D eigenvalue weighted by Crippen LogP contribution is 2.32. The van der Waals surface area contributed by atoms with Crippen LogP contribution in [-0.4, -0.2) is 26.9 Å². The number of aromatic nitrogens is 2. The molecule has 1 atom stereocenters. The molecule has 9 heteroatoms. The van der Waals surface area contributed by atoms with Crippen molar-refractivity contribution in [2.45, 2.75) is 31.6 Å². The fourth-order valence-corrected chi connectivity index (χ4v) is 2.94. The van der Waals surface area contributed by atoms with Gasteiger partial charge in [-0.15, -0.1) is 12.4 Å². The van der Waals surface area contributed by atoms with Gasteiger partial charge in [-0.2, -0.15) is 18.3 Å². The molecule has 0 saturated heterocycles. The Morgan fingerprint density at radius 3 is 2.62 bits per heavy atom. The summed E-state index contributed by atoms with van der Waals surface area (Å²) in [5.41, 5.74) is 6.53. The molecular formula is C15H15ClF3N3O2. The summed E-state index contributed by atoms with van der Waals surface area (Å²) >= 11 is 0. The number of hydrogen-bond donors (Lipinski definition) is 2. The molecule has 24 heavy (non-hydrogen) atoms. The van der Waals surface area contributed by atoms with Gasteiger partial charge in [0.15, 0.2) is 5.69 Å². The zero-order valence-electron chi connectivity index (χ0n) is 12.4. The first-order valence-electron chi connectivity index (χ1n) is 6.98. The van der Waals surface area contributed by atoms with E-state index in [1.54, 1.807) is 6.07 Å². The molecule has 2 aromatic rings. The van der Waals surface area contributed by atoms with Gasteiger partial charge in [-0.3, -0.25) is 4.68 Å². The minimum Gasteiger partial charge on any atom is -0.478 e. The zero-order chi connectivity index (χ0) is 16.8. The predicted octanol–water partition coefficient (Wildman–Crippen LogP) is 2.50. The van der Waals surface area contributed by atoms with Gasteiger partial charge in [0.05, 0.1) is 12.7 Å². The lowest BCUT2D eigenvalue weighted by molar-refractivity contribution is -0.144. The summed E-state index contributed by atoms with van der Waals surface area (Å²) in [6.45, 7) is -0.148. The Labute approximate surface area is 141 Å². The lowest BCUT2D eigenvalue weighted by Gasteiger charge is -2.12. The van der Waals surface area contributed by atoms with Gasteiger partial charge in [-0.25, -0.2) is 4.79 Å². The van der Waals surface area contributed by atoms with Crippen molar-refractivity contribution in [3.05, 3.63) is 52.3 Å². The summed E-state index contributed by atoms with van der Waals surface area (Å²) in [4.78, 5) is 11.0. The molecule has 1 heterocycles. The molecule has 3 rings (SSSR count). The quantitative estimate of drug-likeness (QED) is 0.880. The summed E-state index contributed by atoms with van der Waals surface area (Å²) < 4.78 is 40.1. The van der Waals surface area contributed by atoms with Crippen molar-refractivity contribution in [1.82, 2.24) is 9.78 Å². The van der Waals surface area contributed by atoms with E-state index in [9.17, 15) is 18.0 Å². The van der Waals surface area contributed by atoms with Crippen molar-refractivity contribution in [1.29, 1.82) is 0 Å². The third-order valence-corrected chi connectivity index (χ3v) is 3.91. The largest absolute Gasteiger partial charge is 0.478 e. The monoisotopic (exact) mass is 361 g/mol. The normalized spacial score (nSPS) is 16.6. The lowest BCUT2D eigenvalue weighted by Crippen LogP contribution is -2.19. The van der Waals surface area contributed by atoms with E-state index in [4.69, 9.17) is 10.8 Å². The van der Waals surface area contributed by atoms with Gasteiger partial charge in [0.1, 0.15) is 5.56 Å². The molecule has 0 spiro atoms. The summed E-state index contributed by atoms with van der Waals surface area (Å²) in [6.07, 6.45) is -2.61. The highest BCUT2D eigenvalue weighted by Gasteiger charge is 2.40. The molecule has 5 nitrogen and oxygen atoms in total. The number of rotatable bonds is 3. The molecule has 1 aliphatic carbocycles. The van der Waals surface area contributed by atoms with Crippen LogP contribution in [0.1, 0.15) is 32.7 Å². The average molecular weight is 362 g/mol. The number of fused-ring (bicyclic) bond motifs is 1. The van der Waals surface area contributed by atoms with E-state index in [0.29, 0.717) is 16.7 Å². The number of benzene rings is 1. The maximum Gasteiger partial charge on any atom is 0.433 e. The Bertz CT molecular complexity index is 774. The van der Waals surface area contributed by atoms with Crippen LogP contribution in [0.5, 0.6) is 0 Å². The Morgan fingerprint density at radius 2 is 2.00 bits per heavy atom. The van der Waals surface area contributed by atoms with Gasteiger partial charge in [0, 0.05) is 6.04 Å². The Morgan fingerprint density at radius 1 is 1.33 bits per heavy atom. The molecule has 0 bridgehead atoms. The van der Waals surface area contributed by atoms with Gasteiger partial charge in [-0.05, 0) is 29.5 Å². The Hall–Kier alpha value is -2.06. The number of nitrogens with zero attached hydrogens (tertiary/aromatic N) is 2. The second-order valence-electron chi connectivity index (χ2n) is 5.64. The zero-order valence-corrected chi connectivity index (χ0v) is 13.2. The topological polar surface area (TPSA) is 81.1 Å². The number of halogens is 4. The number of carboxylic acids is 1. The molecule has 1 aliphatic rings. The average Bonchev–Trinajstić information content (AvgIpc) is 3.00. The first-order valence-corrected chi connectivity index (χ1v) is 6.98. The molecule has 0 saturated carbocycles. The van der Waals surface area contributed by atoms with Crippen molar-refractivity contribution in [3.8, 4) is 0 Å². The van der Waals surface area contributed by atoms with E-state index in [1.807, 2.05) is 12.1 Å². The fourth-order valence-electron chi connectivity index (χ4n) is 2.94. The minimum absolute atomic E-state index is 0. The number of carbonyl (C=O) groups is 1. The van der Waals surface area contributed by atoms with Crippen LogP contribution in [0.15, 0.2) is 24.4 Å². The van der Waals surface area contributed by atoms with Gasteiger partial charge in [0.25, 0.3) is 0 Å². The van der Waals surface area contributed by atoms with Crippen LogP contribution in [0.4, 0.5) is 13.2 Å². The lowest BCUT2D eigenvalue weighted by atomic mass is 10.1. The van der Waals surface area contributed by atoms with Crippen LogP contribution in [0.25, 0.3) is 0 Å². The maximum absolute atomic E-state index is 13.1. The number of aromatic carboxylic acids is 1. The molecule has 3 N–H and O–H groups in total. The van der Waals surface area contributed by atoms with Crippen molar-refractivity contribution < 1.29 is 23.1 Å². The highest BCUT2D eigenvalue weighted by atomic mass is 35.5. The number of carboxylic acid groups (broad SMARTS) is 1. The first kappa shape index (κ1) is 18.3. The smallest absolute Gasteiger partial charge is 0.433 e. The molecule has 0 radical (unpaired) electrons. The van der Waals surface area contributed by atoms with E-state index in [-0.39, 0.29) is 25.0 Å². The number of alkyl halides is 3. The fraction of sp³-hybridized carbons (Fsp3) is 0.333. The van der Waals surface area contributed by atoms with Crippen molar-refractivity contribution >= 4 is 18.4 Å². The number of hydrogen-bond acceptors (Lipinski definition) is 3. The molecule has 0 fully saturated rings. The summed E-state index contributed by atoms with van der Waals surface area (Å²) in [7, 11) is 0. The van der Waals surface area contributed by atoms with Crippen LogP contribution in [0, 0.1) is 0 Å². The Kier molecular flexibility index (Phi) is 4.91. The van der Waals surface area contributed by atoms with Crippen LogP contribution in [-0.2, 0) is 25.6 Å². The Balaban J connectivity index is 0.00000208. The molecule has 1 aromatic heterocycles. The maximum atomic E-state index is 13.1. The van der Waals surface area contributed by atoms with Crippen LogP contribution >= 0.6 is 12.4 Å². The second-order valence-corrected chi connectivity index (χ2v) is 5.64. The third-order valence-electron chi connectivity index (χ3n) is 3.91. The van der Waals surface area contributed by atoms with Gasteiger partial charge in [-0.1, -0.05) is 18.2 Å². The molecule has 1 aromatic carbocycles. The van der Waals surface area contributed by atoms with Gasteiger partial charge >= 0.3 is 12.1 Å². The molecule has 0 aliphatic heterocycles. The predicted molar refractivity (Wildman–Crippen MR) is 82.4 cm³/mol. The highest BCUT2D eigenvalue weighted by molar-refractivity contribution is 5.88. The van der Waals surface area contributed by atoms with Crippen LogP contribution in [0.2, 0.25) is 0 Å². The van der Waals surface area contributed by atoms with E-state index >= 15 is 0 Å². The van der Waals surface area contributed by atoms with Crippen LogP contribution < -0.4 is 5.73 Å². The third kappa shape index (κ3) is 3.39. The molecule has 1 unspecified atom stereocenters. The summed E-state index contributed by atoms with van der Waals surface area (Å²) in [5.74, 6) is -1.65. The van der Waals surface area contributed by atoms with Gasteiger partial charge < -0.3 is 10.8 Å². The van der Waals surface area contributed by atoms with Gasteiger partial charge in [0.2, 0.25) is 0 Å². The van der Waals surface area contributed by atoms with Crippen molar-refractivity contribution in [3.63, 3.8) is 0 Å². The molecule has 0 amide bonds. The summed E-state index contributed by atoms with van der Waals surface area (Å²) in [5, 5.41) is 12.5. The molecule has 130 valence electrons. The SMILES string of the molecule is Cl.NC1Cc2ccc(Cn3ncc(C(=O)O)c3C(F)(F)F)cc2C1. The van der Waals surface area contributed by atoms with E-state index < -0.39 is 23.4 Å². The van der Waals surface area contributed by atoms with E-state index in [2.05, 4.69) is 5.10 Å². The van der Waals surface area contributed by atoms with E-state index in [0.717, 1.165) is 23.7 Å². The summed E-state index contributed by atoms with van der Waals surface area (Å²) in [6, 6.07) is 5.42. The second kappa shape index (κ2) is 6.45. The molecular weight excluding hydrogens is 347 g/mol. The van der Waals surface area contributed by atoms with Crippen molar-refractivity contribution in [2.24, 2.45) is 5.73 Å².